The van der Waals surface area contributed by atoms with Crippen molar-refractivity contribution in [1.29, 1.82) is 0 Å². The van der Waals surface area contributed by atoms with E-state index < -0.39 is 5.97 Å². The number of aromatic carboxylic acids is 1. The second kappa shape index (κ2) is 8.18. The Morgan fingerprint density at radius 2 is 1.85 bits per heavy atom. The molecule has 0 radical (unpaired) electrons. The Morgan fingerprint density at radius 3 is 2.64 bits per heavy atom. The summed E-state index contributed by atoms with van der Waals surface area (Å²) in [4.78, 5) is 13.5. The third kappa shape index (κ3) is 3.99. The molecule has 0 saturated heterocycles. The zero-order chi connectivity index (χ0) is 23.1. The van der Waals surface area contributed by atoms with Gasteiger partial charge in [-0.15, -0.1) is 0 Å². The minimum Gasteiger partial charge on any atom is -0.508 e. The highest BCUT2D eigenvalue weighted by Crippen LogP contribution is 2.35. The van der Waals surface area contributed by atoms with Gasteiger partial charge < -0.3 is 10.2 Å². The molecule has 0 saturated carbocycles. The molecule has 5 rings (SSSR count). The fourth-order valence-electron chi connectivity index (χ4n) is 4.43. The summed E-state index contributed by atoms with van der Waals surface area (Å²) in [5, 5.41) is 24.5. The minimum absolute atomic E-state index is 0.0649. The van der Waals surface area contributed by atoms with Gasteiger partial charge in [0.15, 0.2) is 0 Å². The van der Waals surface area contributed by atoms with Crippen LogP contribution < -0.4 is 0 Å². The summed E-state index contributed by atoms with van der Waals surface area (Å²) in [5.41, 5.74) is 5.50. The second-order valence-corrected chi connectivity index (χ2v) is 8.36. The molecule has 0 aliphatic carbocycles. The van der Waals surface area contributed by atoms with Crippen molar-refractivity contribution in [3.05, 3.63) is 94.9 Å². The van der Waals surface area contributed by atoms with E-state index in [1.165, 1.54) is 12.1 Å². The van der Waals surface area contributed by atoms with E-state index in [-0.39, 0.29) is 17.1 Å². The molecule has 1 aromatic heterocycles. The van der Waals surface area contributed by atoms with Crippen molar-refractivity contribution in [3.63, 3.8) is 0 Å². The lowest BCUT2D eigenvalue weighted by atomic mass is 10.0. The number of phenols is 1. The minimum atomic E-state index is -1.01. The number of aromatic hydroxyl groups is 1. The highest BCUT2D eigenvalue weighted by Gasteiger charge is 2.27. The standard InChI is InChI=1S/C26H22FN3O3/c1-29-14-22-24(15-29)28-30(25(22)21-7-2-3-8-23(21)27)13-16-9-19(12-20(31)10-16)17-5-4-6-18(11-17)26(32)33/h2-12,31H,13-15H2,1H3,(H,32,33). The SMILES string of the molecule is CN1Cc2nn(Cc3cc(O)cc(-c4cccc(C(=O)O)c4)c3)c(-c3ccccc3F)c2C1. The monoisotopic (exact) mass is 443 g/mol. The summed E-state index contributed by atoms with van der Waals surface area (Å²) in [6, 6.07) is 18.4. The van der Waals surface area contributed by atoms with Gasteiger partial charge in [-0.05, 0) is 66.2 Å². The van der Waals surface area contributed by atoms with E-state index in [1.54, 1.807) is 47.1 Å². The van der Waals surface area contributed by atoms with E-state index in [0.717, 1.165) is 22.5 Å². The normalized spacial score (nSPS) is 13.3. The first-order valence-corrected chi connectivity index (χ1v) is 10.6. The number of carboxylic acids is 1. The van der Waals surface area contributed by atoms with Gasteiger partial charge in [-0.1, -0.05) is 24.3 Å². The van der Waals surface area contributed by atoms with Crippen molar-refractivity contribution in [2.45, 2.75) is 19.6 Å². The van der Waals surface area contributed by atoms with Crippen LogP contribution in [0.2, 0.25) is 0 Å². The number of phenolic OH excluding ortho intramolecular Hbond substituents is 1. The molecule has 7 heteroatoms. The fourth-order valence-corrected chi connectivity index (χ4v) is 4.43. The van der Waals surface area contributed by atoms with Crippen molar-refractivity contribution >= 4 is 5.97 Å². The van der Waals surface area contributed by atoms with Crippen LogP contribution in [0.4, 0.5) is 4.39 Å². The van der Waals surface area contributed by atoms with Crippen molar-refractivity contribution < 1.29 is 19.4 Å². The maximum Gasteiger partial charge on any atom is 0.335 e. The number of benzene rings is 3. The maximum absolute atomic E-state index is 14.7. The number of rotatable bonds is 5. The zero-order valence-corrected chi connectivity index (χ0v) is 18.0. The van der Waals surface area contributed by atoms with E-state index >= 15 is 0 Å². The number of carbonyl (C=O) groups is 1. The van der Waals surface area contributed by atoms with E-state index in [0.29, 0.717) is 36.3 Å². The quantitative estimate of drug-likeness (QED) is 0.465. The van der Waals surface area contributed by atoms with Crippen molar-refractivity contribution in [2.75, 3.05) is 7.05 Å². The first-order valence-electron chi connectivity index (χ1n) is 10.6. The van der Waals surface area contributed by atoms with Crippen LogP contribution in [0.25, 0.3) is 22.4 Å². The lowest BCUT2D eigenvalue weighted by Gasteiger charge is -2.14. The Balaban J connectivity index is 1.57. The number of hydrogen-bond acceptors (Lipinski definition) is 4. The number of halogens is 1. The maximum atomic E-state index is 14.7. The lowest BCUT2D eigenvalue weighted by Crippen LogP contribution is -2.13. The van der Waals surface area contributed by atoms with Crippen LogP contribution in [-0.4, -0.2) is 37.9 Å². The molecule has 3 aromatic carbocycles. The average Bonchev–Trinajstić information content (AvgIpc) is 3.29. The number of hydrogen-bond donors (Lipinski definition) is 2. The first kappa shape index (κ1) is 20.9. The highest BCUT2D eigenvalue weighted by molar-refractivity contribution is 5.89. The molecular weight excluding hydrogens is 421 g/mol. The Labute approximate surface area is 190 Å². The van der Waals surface area contributed by atoms with Crippen LogP contribution in [0, 0.1) is 5.82 Å². The van der Waals surface area contributed by atoms with E-state index in [1.807, 2.05) is 19.2 Å². The molecule has 2 N–H and O–H groups in total. The first-order chi connectivity index (χ1) is 15.9. The smallest absolute Gasteiger partial charge is 0.335 e. The third-order valence-corrected chi connectivity index (χ3v) is 5.86. The van der Waals surface area contributed by atoms with Crippen LogP contribution in [-0.2, 0) is 19.6 Å². The third-order valence-electron chi connectivity index (χ3n) is 5.86. The Kier molecular flexibility index (Phi) is 5.18. The largest absolute Gasteiger partial charge is 0.508 e. The van der Waals surface area contributed by atoms with Crippen LogP contribution in [0.5, 0.6) is 5.75 Å². The number of nitrogens with zero attached hydrogens (tertiary/aromatic N) is 3. The van der Waals surface area contributed by atoms with Gasteiger partial charge in [0.1, 0.15) is 11.6 Å². The molecule has 0 spiro atoms. The number of aromatic nitrogens is 2. The van der Waals surface area contributed by atoms with E-state index in [9.17, 15) is 19.4 Å². The molecule has 0 bridgehead atoms. The van der Waals surface area contributed by atoms with Gasteiger partial charge in [0.25, 0.3) is 0 Å². The van der Waals surface area contributed by atoms with E-state index in [4.69, 9.17) is 5.10 Å². The molecule has 33 heavy (non-hydrogen) atoms. The summed E-state index contributed by atoms with van der Waals surface area (Å²) < 4.78 is 16.5. The van der Waals surface area contributed by atoms with Crippen LogP contribution >= 0.6 is 0 Å². The summed E-state index contributed by atoms with van der Waals surface area (Å²) in [6.45, 7) is 1.71. The Morgan fingerprint density at radius 1 is 1.03 bits per heavy atom. The molecule has 0 amide bonds. The highest BCUT2D eigenvalue weighted by atomic mass is 19.1. The molecule has 4 aromatic rings. The number of fused-ring (bicyclic) bond motifs is 1. The second-order valence-electron chi connectivity index (χ2n) is 8.36. The summed E-state index contributed by atoms with van der Waals surface area (Å²) >= 11 is 0. The molecule has 166 valence electrons. The topological polar surface area (TPSA) is 78.6 Å². The van der Waals surface area contributed by atoms with E-state index in [2.05, 4.69) is 4.90 Å². The molecule has 0 fully saturated rings. The van der Waals surface area contributed by atoms with Crippen molar-refractivity contribution in [2.24, 2.45) is 0 Å². The zero-order valence-electron chi connectivity index (χ0n) is 18.0. The molecule has 0 unspecified atom stereocenters. The van der Waals surface area contributed by atoms with Gasteiger partial charge in [-0.25, -0.2) is 9.18 Å². The van der Waals surface area contributed by atoms with Crippen molar-refractivity contribution in [3.8, 4) is 28.1 Å². The predicted molar refractivity (Wildman–Crippen MR) is 122 cm³/mol. The molecule has 6 nitrogen and oxygen atoms in total. The Hall–Kier alpha value is -3.97. The van der Waals surface area contributed by atoms with Gasteiger partial charge in [0.05, 0.1) is 23.5 Å². The molecular formula is C26H22FN3O3. The van der Waals surface area contributed by atoms with Gasteiger partial charge >= 0.3 is 5.97 Å². The summed E-state index contributed by atoms with van der Waals surface area (Å²) in [5.74, 6) is -1.25. The van der Waals surface area contributed by atoms with Crippen LogP contribution in [0.1, 0.15) is 27.2 Å². The van der Waals surface area contributed by atoms with Gasteiger partial charge in [-0.3, -0.25) is 9.58 Å². The average molecular weight is 443 g/mol. The van der Waals surface area contributed by atoms with Gasteiger partial charge in [0.2, 0.25) is 0 Å². The molecule has 0 atom stereocenters. The predicted octanol–water partition coefficient (Wildman–Crippen LogP) is 4.75. The summed E-state index contributed by atoms with van der Waals surface area (Å²) in [6.07, 6.45) is 0. The molecule has 1 aliphatic rings. The number of carboxylic acid groups (broad SMARTS) is 1. The van der Waals surface area contributed by atoms with Crippen molar-refractivity contribution in [1.82, 2.24) is 14.7 Å². The van der Waals surface area contributed by atoms with Gasteiger partial charge in [-0.2, -0.15) is 5.10 Å². The summed E-state index contributed by atoms with van der Waals surface area (Å²) in [7, 11) is 2.00. The van der Waals surface area contributed by atoms with Crippen LogP contribution in [0.15, 0.2) is 66.7 Å². The molecule has 2 heterocycles. The Bertz CT molecular complexity index is 1380. The van der Waals surface area contributed by atoms with Gasteiger partial charge in [0, 0.05) is 24.2 Å². The molecule has 1 aliphatic heterocycles. The fraction of sp³-hybridized carbons (Fsp3) is 0.154. The van der Waals surface area contributed by atoms with Crippen LogP contribution in [0.3, 0.4) is 0 Å². The lowest BCUT2D eigenvalue weighted by molar-refractivity contribution is 0.0697.